The molecule has 0 saturated heterocycles. The molecule has 0 fully saturated rings. The highest BCUT2D eigenvalue weighted by atomic mass is 15.3. The lowest BCUT2D eigenvalue weighted by Crippen LogP contribution is -2.37. The minimum Gasteiger partial charge on any atom is -0.311 e. The van der Waals surface area contributed by atoms with Crippen LogP contribution in [-0.4, -0.2) is 41.9 Å². The van der Waals surface area contributed by atoms with Crippen LogP contribution in [0.2, 0.25) is 0 Å². The van der Waals surface area contributed by atoms with E-state index in [9.17, 15) is 0 Å². The zero-order valence-electron chi connectivity index (χ0n) is 13.4. The van der Waals surface area contributed by atoms with E-state index in [4.69, 9.17) is 0 Å². The second-order valence-corrected chi connectivity index (χ2v) is 6.55. The Hall–Kier alpha value is -0.870. The molecule has 19 heavy (non-hydrogen) atoms. The maximum absolute atomic E-state index is 4.61. The monoisotopic (exact) mass is 266 g/mol. The lowest BCUT2D eigenvalue weighted by Gasteiger charge is -2.28. The number of nitrogens with one attached hydrogen (secondary N) is 1. The number of hydrogen-bond donors (Lipinski definition) is 1. The van der Waals surface area contributed by atoms with E-state index in [0.29, 0.717) is 6.04 Å². The Morgan fingerprint density at radius 1 is 1.42 bits per heavy atom. The molecule has 0 aliphatic rings. The quantitative estimate of drug-likeness (QED) is 0.785. The van der Waals surface area contributed by atoms with E-state index in [1.165, 1.54) is 0 Å². The summed E-state index contributed by atoms with van der Waals surface area (Å²) in [6, 6.07) is 2.59. The summed E-state index contributed by atoms with van der Waals surface area (Å²) < 4.78 is 2.06. The Morgan fingerprint density at radius 2 is 2.11 bits per heavy atom. The molecule has 0 aromatic carbocycles. The third-order valence-electron chi connectivity index (χ3n) is 3.36. The van der Waals surface area contributed by atoms with Gasteiger partial charge in [-0.1, -0.05) is 20.8 Å². The van der Waals surface area contributed by atoms with Crippen LogP contribution in [0.1, 0.15) is 45.9 Å². The van der Waals surface area contributed by atoms with Gasteiger partial charge in [0.05, 0.1) is 5.69 Å². The molecule has 0 saturated carbocycles. The summed E-state index contributed by atoms with van der Waals surface area (Å²) >= 11 is 0. The van der Waals surface area contributed by atoms with Crippen LogP contribution >= 0.6 is 0 Å². The molecule has 1 atom stereocenters. The van der Waals surface area contributed by atoms with Crippen molar-refractivity contribution in [1.29, 1.82) is 0 Å². The minimum absolute atomic E-state index is 0.281. The lowest BCUT2D eigenvalue weighted by molar-refractivity contribution is 0.232. The maximum Gasteiger partial charge on any atom is 0.0762 e. The molecule has 0 spiro atoms. The second kappa shape index (κ2) is 7.06. The van der Waals surface area contributed by atoms with E-state index in [2.05, 4.69) is 74.1 Å². The number of aromatic nitrogens is 2. The molecule has 1 heterocycles. The molecule has 0 bridgehead atoms. The third-order valence-corrected chi connectivity index (χ3v) is 3.36. The Bertz CT molecular complexity index is 368. The number of hydrogen-bond acceptors (Lipinski definition) is 3. The first-order valence-electron chi connectivity index (χ1n) is 7.23. The fourth-order valence-corrected chi connectivity index (χ4v) is 2.35. The second-order valence-electron chi connectivity index (χ2n) is 6.55. The van der Waals surface area contributed by atoms with E-state index < -0.39 is 0 Å². The van der Waals surface area contributed by atoms with E-state index in [1.54, 1.807) is 0 Å². The molecule has 4 nitrogen and oxygen atoms in total. The molecular weight excluding hydrogens is 236 g/mol. The predicted molar refractivity (Wildman–Crippen MR) is 81.3 cm³/mol. The number of nitrogens with zero attached hydrogens (tertiary/aromatic N) is 3. The highest BCUT2D eigenvalue weighted by Gasteiger charge is 2.18. The van der Waals surface area contributed by atoms with Gasteiger partial charge in [0, 0.05) is 31.9 Å². The van der Waals surface area contributed by atoms with Gasteiger partial charge in [-0.2, -0.15) is 5.10 Å². The van der Waals surface area contributed by atoms with Crippen LogP contribution in [-0.2, 0) is 6.54 Å². The van der Waals surface area contributed by atoms with Crippen LogP contribution in [0.5, 0.6) is 0 Å². The fourth-order valence-electron chi connectivity index (χ4n) is 2.35. The van der Waals surface area contributed by atoms with Crippen LogP contribution < -0.4 is 5.32 Å². The average Bonchev–Trinajstić information content (AvgIpc) is 2.74. The van der Waals surface area contributed by atoms with Crippen LogP contribution in [0.15, 0.2) is 12.3 Å². The summed E-state index contributed by atoms with van der Waals surface area (Å²) in [6.07, 6.45) is 3.19. The molecule has 110 valence electrons. The van der Waals surface area contributed by atoms with E-state index >= 15 is 0 Å². The SMILES string of the molecule is CCC(C)n1ccc(CNCC(C)(C)CN(C)C)n1. The van der Waals surface area contributed by atoms with Gasteiger partial charge >= 0.3 is 0 Å². The third kappa shape index (κ3) is 5.74. The molecule has 0 amide bonds. The van der Waals surface area contributed by atoms with E-state index in [-0.39, 0.29) is 5.41 Å². The van der Waals surface area contributed by atoms with Gasteiger partial charge in [-0.15, -0.1) is 0 Å². The van der Waals surface area contributed by atoms with Gasteiger partial charge in [0.1, 0.15) is 0 Å². The van der Waals surface area contributed by atoms with E-state index in [0.717, 1.165) is 31.7 Å². The van der Waals surface area contributed by atoms with Gasteiger partial charge in [-0.05, 0) is 38.9 Å². The van der Waals surface area contributed by atoms with Gasteiger partial charge in [0.25, 0.3) is 0 Å². The molecule has 0 aliphatic heterocycles. The highest BCUT2D eigenvalue weighted by molar-refractivity contribution is 4.99. The van der Waals surface area contributed by atoms with Gasteiger partial charge in [0.2, 0.25) is 0 Å². The first kappa shape index (κ1) is 16.2. The highest BCUT2D eigenvalue weighted by Crippen LogP contribution is 2.14. The van der Waals surface area contributed by atoms with Crippen molar-refractivity contribution in [3.05, 3.63) is 18.0 Å². The largest absolute Gasteiger partial charge is 0.311 e. The lowest BCUT2D eigenvalue weighted by atomic mass is 9.93. The minimum atomic E-state index is 0.281. The van der Waals surface area contributed by atoms with Crippen molar-refractivity contribution in [3.8, 4) is 0 Å². The van der Waals surface area contributed by atoms with Gasteiger partial charge in [-0.25, -0.2) is 0 Å². The Balaban J connectivity index is 2.39. The standard InChI is InChI=1S/C15H30N4/c1-7-13(2)19-9-8-14(17-19)10-16-11-15(3,4)12-18(5)6/h8-9,13,16H,7,10-12H2,1-6H3. The zero-order chi connectivity index (χ0) is 14.5. The molecule has 1 aromatic rings. The first-order chi connectivity index (χ1) is 8.84. The predicted octanol–water partition coefficient (Wildman–Crippen LogP) is 2.53. The van der Waals surface area contributed by atoms with Crippen molar-refractivity contribution in [3.63, 3.8) is 0 Å². The van der Waals surface area contributed by atoms with Crippen molar-refractivity contribution in [1.82, 2.24) is 20.0 Å². The summed E-state index contributed by atoms with van der Waals surface area (Å²) in [5.74, 6) is 0. The molecule has 4 heteroatoms. The Labute approximate surface area is 118 Å². The average molecular weight is 266 g/mol. The van der Waals surface area contributed by atoms with Gasteiger partial charge in [-0.3, -0.25) is 4.68 Å². The molecule has 1 rings (SSSR count). The Kier molecular flexibility index (Phi) is 6.01. The smallest absolute Gasteiger partial charge is 0.0762 e. The topological polar surface area (TPSA) is 33.1 Å². The molecule has 0 radical (unpaired) electrons. The molecule has 1 unspecified atom stereocenters. The van der Waals surface area contributed by atoms with Crippen molar-refractivity contribution in [2.45, 2.75) is 46.7 Å². The molecule has 1 N–H and O–H groups in total. The van der Waals surface area contributed by atoms with Crippen LogP contribution in [0.4, 0.5) is 0 Å². The fraction of sp³-hybridized carbons (Fsp3) is 0.800. The maximum atomic E-state index is 4.61. The molecule has 0 aliphatic carbocycles. The van der Waals surface area contributed by atoms with Crippen LogP contribution in [0.25, 0.3) is 0 Å². The van der Waals surface area contributed by atoms with Crippen molar-refractivity contribution in [2.75, 3.05) is 27.2 Å². The summed E-state index contributed by atoms with van der Waals surface area (Å²) in [5.41, 5.74) is 1.41. The summed E-state index contributed by atoms with van der Waals surface area (Å²) in [6.45, 7) is 11.9. The number of rotatable bonds is 8. The van der Waals surface area contributed by atoms with Crippen molar-refractivity contribution >= 4 is 0 Å². The van der Waals surface area contributed by atoms with Crippen molar-refractivity contribution < 1.29 is 0 Å². The Morgan fingerprint density at radius 3 is 2.68 bits per heavy atom. The van der Waals surface area contributed by atoms with Crippen molar-refractivity contribution in [2.24, 2.45) is 5.41 Å². The van der Waals surface area contributed by atoms with Gasteiger partial charge < -0.3 is 10.2 Å². The summed E-state index contributed by atoms with van der Waals surface area (Å²) in [5, 5.41) is 8.12. The van der Waals surface area contributed by atoms with Crippen LogP contribution in [0.3, 0.4) is 0 Å². The molecular formula is C15H30N4. The molecule has 1 aromatic heterocycles. The van der Waals surface area contributed by atoms with E-state index in [1.807, 2.05) is 0 Å². The summed E-state index contributed by atoms with van der Waals surface area (Å²) in [7, 11) is 4.24. The summed E-state index contributed by atoms with van der Waals surface area (Å²) in [4.78, 5) is 2.24. The normalized spacial score (nSPS) is 14.1. The zero-order valence-corrected chi connectivity index (χ0v) is 13.4. The first-order valence-corrected chi connectivity index (χ1v) is 7.23. The van der Waals surface area contributed by atoms with Crippen LogP contribution in [0, 0.1) is 5.41 Å². The van der Waals surface area contributed by atoms with Gasteiger partial charge in [0.15, 0.2) is 0 Å².